The van der Waals surface area contributed by atoms with Crippen molar-refractivity contribution in [2.45, 2.75) is 0 Å². The number of rotatable bonds is 2. The Morgan fingerprint density at radius 2 is 2.44 bits per heavy atom. The number of carbonyl (C=O) groups excluding carboxylic acids is 1. The van der Waals surface area contributed by atoms with Crippen molar-refractivity contribution in [2.75, 3.05) is 11.1 Å². The third kappa shape index (κ3) is 1.20. The van der Waals surface area contributed by atoms with Gasteiger partial charge in [-0.05, 0) is 0 Å². The highest BCUT2D eigenvalue weighted by Crippen LogP contribution is 2.21. The number of nitrogens with two attached hydrogens (primary N) is 1. The van der Waals surface area contributed by atoms with Gasteiger partial charge in [0.1, 0.15) is 0 Å². The van der Waals surface area contributed by atoms with Crippen LogP contribution >= 0.6 is 11.3 Å². The Labute approximate surface area is 56.5 Å². The molecule has 0 aliphatic carbocycles. The molecule has 9 heavy (non-hydrogen) atoms. The summed E-state index contributed by atoms with van der Waals surface area (Å²) in [6, 6.07) is 0. The molecular weight excluding hydrogens is 136 g/mol. The van der Waals surface area contributed by atoms with Crippen molar-refractivity contribution in [1.82, 2.24) is 0 Å². The third-order valence-electron chi connectivity index (χ3n) is 0.906. The van der Waals surface area contributed by atoms with E-state index in [1.54, 1.807) is 10.8 Å². The van der Waals surface area contributed by atoms with E-state index in [9.17, 15) is 4.79 Å². The zero-order chi connectivity index (χ0) is 6.69. The van der Waals surface area contributed by atoms with E-state index in [0.29, 0.717) is 17.8 Å². The Hall–Kier alpha value is -1.03. The first-order valence-electron chi connectivity index (χ1n) is 2.36. The van der Waals surface area contributed by atoms with Crippen molar-refractivity contribution in [3.8, 4) is 0 Å². The van der Waals surface area contributed by atoms with Crippen LogP contribution in [0.3, 0.4) is 0 Å². The van der Waals surface area contributed by atoms with Crippen molar-refractivity contribution < 1.29 is 4.79 Å². The Bertz CT molecular complexity index is 208. The molecule has 0 unspecified atom stereocenters. The van der Waals surface area contributed by atoms with Crippen LogP contribution in [0.2, 0.25) is 0 Å². The topological polar surface area (TPSA) is 55.1 Å². The maximum atomic E-state index is 9.86. The van der Waals surface area contributed by atoms with E-state index < -0.39 is 0 Å². The third-order valence-corrected chi connectivity index (χ3v) is 1.67. The SMILES string of the molecule is Nc1cscc1NC=O. The number of nitrogens with one attached hydrogen (secondary N) is 1. The molecule has 3 nitrogen and oxygen atoms in total. The zero-order valence-electron chi connectivity index (χ0n) is 4.63. The number of carbonyl (C=O) groups is 1. The Kier molecular flexibility index (Phi) is 1.69. The molecule has 0 aromatic carbocycles. The first-order chi connectivity index (χ1) is 4.34. The maximum Gasteiger partial charge on any atom is 0.211 e. The van der Waals surface area contributed by atoms with E-state index in [1.165, 1.54) is 11.3 Å². The minimum atomic E-state index is 0.610. The van der Waals surface area contributed by atoms with E-state index >= 15 is 0 Å². The van der Waals surface area contributed by atoms with E-state index in [4.69, 9.17) is 5.73 Å². The van der Waals surface area contributed by atoms with Crippen LogP contribution < -0.4 is 11.1 Å². The second kappa shape index (κ2) is 2.50. The molecule has 48 valence electrons. The van der Waals surface area contributed by atoms with Crippen LogP contribution in [0.4, 0.5) is 11.4 Å². The lowest BCUT2D eigenvalue weighted by Crippen LogP contribution is -1.94. The molecule has 0 fully saturated rings. The van der Waals surface area contributed by atoms with Crippen molar-refractivity contribution >= 4 is 29.1 Å². The number of hydrogen-bond acceptors (Lipinski definition) is 3. The van der Waals surface area contributed by atoms with Gasteiger partial charge in [0, 0.05) is 10.8 Å². The number of amides is 1. The highest BCUT2D eigenvalue weighted by atomic mass is 32.1. The van der Waals surface area contributed by atoms with Gasteiger partial charge in [-0.25, -0.2) is 0 Å². The van der Waals surface area contributed by atoms with E-state index in [2.05, 4.69) is 5.32 Å². The van der Waals surface area contributed by atoms with Crippen LogP contribution in [0.25, 0.3) is 0 Å². The summed E-state index contributed by atoms with van der Waals surface area (Å²) < 4.78 is 0. The standard InChI is InChI=1S/C5H6N2OS/c6-4-1-9-2-5(4)7-3-8/h1-3H,6H2,(H,7,8). The van der Waals surface area contributed by atoms with Crippen LogP contribution in [0.1, 0.15) is 0 Å². The van der Waals surface area contributed by atoms with E-state index in [1.807, 2.05) is 0 Å². The van der Waals surface area contributed by atoms with Gasteiger partial charge in [0.2, 0.25) is 6.41 Å². The Balaban J connectivity index is 2.80. The largest absolute Gasteiger partial charge is 0.396 e. The van der Waals surface area contributed by atoms with Gasteiger partial charge in [0.15, 0.2) is 0 Å². The Morgan fingerprint density at radius 3 is 2.89 bits per heavy atom. The van der Waals surface area contributed by atoms with Crippen molar-refractivity contribution in [3.63, 3.8) is 0 Å². The lowest BCUT2D eigenvalue weighted by Gasteiger charge is -1.91. The molecule has 0 saturated carbocycles. The fraction of sp³-hybridized carbons (Fsp3) is 0. The number of thiophene rings is 1. The summed E-state index contributed by atoms with van der Waals surface area (Å²) in [5.41, 5.74) is 6.72. The van der Waals surface area contributed by atoms with Crippen LogP contribution in [-0.2, 0) is 4.79 Å². The minimum absolute atomic E-state index is 0.610. The summed E-state index contributed by atoms with van der Waals surface area (Å²) in [5, 5.41) is 6.01. The van der Waals surface area contributed by atoms with Gasteiger partial charge in [0.05, 0.1) is 11.4 Å². The summed E-state index contributed by atoms with van der Waals surface area (Å²) in [6.45, 7) is 0. The molecule has 0 aliphatic rings. The second-order valence-corrected chi connectivity index (χ2v) is 2.25. The molecule has 1 rings (SSSR count). The van der Waals surface area contributed by atoms with E-state index in [-0.39, 0.29) is 0 Å². The number of hydrogen-bond donors (Lipinski definition) is 2. The minimum Gasteiger partial charge on any atom is -0.396 e. The van der Waals surface area contributed by atoms with Crippen molar-refractivity contribution in [2.24, 2.45) is 0 Å². The van der Waals surface area contributed by atoms with Crippen LogP contribution in [0, 0.1) is 0 Å². The second-order valence-electron chi connectivity index (χ2n) is 1.50. The number of anilines is 2. The highest BCUT2D eigenvalue weighted by Gasteiger charge is 1.94. The average Bonchev–Trinajstić information content (AvgIpc) is 2.18. The molecule has 3 N–H and O–H groups in total. The fourth-order valence-electron chi connectivity index (χ4n) is 0.488. The normalized spacial score (nSPS) is 8.89. The molecule has 0 spiro atoms. The molecule has 1 heterocycles. The summed E-state index contributed by atoms with van der Waals surface area (Å²) >= 11 is 1.46. The molecule has 1 aromatic heterocycles. The average molecular weight is 142 g/mol. The summed E-state index contributed by atoms with van der Waals surface area (Å²) in [5.74, 6) is 0. The van der Waals surface area contributed by atoms with Gasteiger partial charge in [-0.3, -0.25) is 4.79 Å². The first-order valence-corrected chi connectivity index (χ1v) is 3.30. The van der Waals surface area contributed by atoms with Gasteiger partial charge in [-0.2, -0.15) is 0 Å². The number of nitrogen functional groups attached to an aromatic ring is 1. The molecule has 0 atom stereocenters. The van der Waals surface area contributed by atoms with Crippen molar-refractivity contribution in [3.05, 3.63) is 10.8 Å². The van der Waals surface area contributed by atoms with Gasteiger partial charge in [-0.1, -0.05) is 0 Å². The quantitative estimate of drug-likeness (QED) is 0.603. The Morgan fingerprint density at radius 1 is 1.67 bits per heavy atom. The predicted octanol–water partition coefficient (Wildman–Crippen LogP) is 0.899. The molecule has 4 heteroatoms. The van der Waals surface area contributed by atoms with Crippen LogP contribution in [-0.4, -0.2) is 6.41 Å². The smallest absolute Gasteiger partial charge is 0.211 e. The molecule has 1 aromatic rings. The molecule has 1 amide bonds. The molecule has 0 aliphatic heterocycles. The van der Waals surface area contributed by atoms with E-state index in [0.717, 1.165) is 0 Å². The molecular formula is C5H6N2OS. The molecule has 0 bridgehead atoms. The lowest BCUT2D eigenvalue weighted by molar-refractivity contribution is -0.105. The van der Waals surface area contributed by atoms with Crippen molar-refractivity contribution in [1.29, 1.82) is 0 Å². The maximum absolute atomic E-state index is 9.86. The lowest BCUT2D eigenvalue weighted by atomic mass is 10.5. The van der Waals surface area contributed by atoms with Gasteiger partial charge < -0.3 is 11.1 Å². The van der Waals surface area contributed by atoms with Gasteiger partial charge in [-0.15, -0.1) is 11.3 Å². The molecule has 0 saturated heterocycles. The summed E-state index contributed by atoms with van der Waals surface area (Å²) in [7, 11) is 0. The molecule has 0 radical (unpaired) electrons. The van der Waals surface area contributed by atoms with Gasteiger partial charge >= 0.3 is 0 Å². The van der Waals surface area contributed by atoms with Crippen LogP contribution in [0.5, 0.6) is 0 Å². The summed E-state index contributed by atoms with van der Waals surface area (Å²) in [6.07, 6.45) is 0.610. The highest BCUT2D eigenvalue weighted by molar-refractivity contribution is 7.08. The zero-order valence-corrected chi connectivity index (χ0v) is 5.44. The monoisotopic (exact) mass is 142 g/mol. The van der Waals surface area contributed by atoms with Gasteiger partial charge in [0.25, 0.3) is 0 Å². The van der Waals surface area contributed by atoms with Crippen LogP contribution in [0.15, 0.2) is 10.8 Å². The predicted molar refractivity (Wildman–Crippen MR) is 38.4 cm³/mol. The fourth-order valence-corrected chi connectivity index (χ4v) is 1.17. The first kappa shape index (κ1) is 6.10. The summed E-state index contributed by atoms with van der Waals surface area (Å²) in [4.78, 5) is 9.86.